The molecule has 0 spiro atoms. The molecule has 2 N–H and O–H groups in total. The van der Waals surface area contributed by atoms with E-state index in [2.05, 4.69) is 46.1 Å². The lowest BCUT2D eigenvalue weighted by atomic mass is 9.94. The molecule has 0 unspecified atom stereocenters. The number of fused-ring (bicyclic) bond motifs is 1. The van der Waals surface area contributed by atoms with Crippen LogP contribution in [0, 0.1) is 0 Å². The molecule has 0 bridgehead atoms. The van der Waals surface area contributed by atoms with Crippen LogP contribution in [0.3, 0.4) is 0 Å². The molecule has 0 fully saturated rings. The van der Waals surface area contributed by atoms with E-state index in [0.29, 0.717) is 6.04 Å². The Morgan fingerprint density at radius 3 is 3.07 bits per heavy atom. The molecule has 2 nitrogen and oxygen atoms in total. The highest BCUT2D eigenvalue weighted by Gasteiger charge is 2.23. The minimum atomic E-state index is 0.487. The third kappa shape index (κ3) is 1.72. The van der Waals surface area contributed by atoms with Crippen molar-refractivity contribution in [2.24, 2.45) is 5.73 Å². The summed E-state index contributed by atoms with van der Waals surface area (Å²) in [5, 5.41) is 0. The molecule has 1 aromatic carbocycles. The van der Waals surface area contributed by atoms with Crippen molar-refractivity contribution in [1.29, 1.82) is 0 Å². The smallest absolute Gasteiger partial charge is 0.0259 e. The van der Waals surface area contributed by atoms with Crippen molar-refractivity contribution in [2.75, 3.05) is 13.6 Å². The van der Waals surface area contributed by atoms with Crippen molar-refractivity contribution in [1.82, 2.24) is 4.90 Å². The van der Waals surface area contributed by atoms with E-state index in [4.69, 9.17) is 5.73 Å². The molecule has 14 heavy (non-hydrogen) atoms. The zero-order valence-electron chi connectivity index (χ0n) is 8.33. The van der Waals surface area contributed by atoms with Gasteiger partial charge in [0.1, 0.15) is 0 Å². The van der Waals surface area contributed by atoms with Crippen molar-refractivity contribution in [2.45, 2.75) is 19.0 Å². The Bertz CT molecular complexity index is 338. The Morgan fingerprint density at radius 2 is 2.36 bits per heavy atom. The first-order valence-electron chi connectivity index (χ1n) is 4.89. The summed E-state index contributed by atoms with van der Waals surface area (Å²) in [5.74, 6) is 0. The quantitative estimate of drug-likeness (QED) is 0.828. The van der Waals surface area contributed by atoms with Gasteiger partial charge >= 0.3 is 0 Å². The number of nitrogens with zero attached hydrogens (tertiary/aromatic N) is 1. The summed E-state index contributed by atoms with van der Waals surface area (Å²) in [7, 11) is 2.14. The fourth-order valence-electron chi connectivity index (χ4n) is 2.03. The van der Waals surface area contributed by atoms with E-state index in [9.17, 15) is 0 Å². The molecule has 1 aliphatic heterocycles. The Labute approximate surface area is 93.2 Å². The van der Waals surface area contributed by atoms with Gasteiger partial charge in [-0.05, 0) is 30.7 Å². The molecule has 3 heteroatoms. The summed E-state index contributed by atoms with van der Waals surface area (Å²) in [5.41, 5.74) is 8.60. The van der Waals surface area contributed by atoms with Gasteiger partial charge in [-0.25, -0.2) is 0 Å². The zero-order valence-corrected chi connectivity index (χ0v) is 9.92. The second kappa shape index (κ2) is 4.01. The molecule has 0 saturated carbocycles. The van der Waals surface area contributed by atoms with Crippen LogP contribution in [-0.2, 0) is 13.0 Å². The molecule has 0 saturated heterocycles. The molecule has 1 atom stereocenters. The van der Waals surface area contributed by atoms with Crippen molar-refractivity contribution in [3.63, 3.8) is 0 Å². The summed E-state index contributed by atoms with van der Waals surface area (Å²) in [6, 6.07) is 6.89. The Hall–Kier alpha value is -0.380. The number of likely N-dealkylation sites (N-methyl/N-ethyl adjacent to an activating group) is 1. The molecular weight excluding hydrogens is 240 g/mol. The number of nitrogens with two attached hydrogens (primary N) is 1. The molecule has 0 aliphatic carbocycles. The Kier molecular flexibility index (Phi) is 2.91. The topological polar surface area (TPSA) is 29.3 Å². The van der Waals surface area contributed by atoms with Crippen LogP contribution in [-0.4, -0.2) is 24.5 Å². The fourth-order valence-corrected chi connectivity index (χ4v) is 2.60. The first-order chi connectivity index (χ1) is 6.72. The number of halogens is 1. The predicted molar refractivity (Wildman–Crippen MR) is 62.2 cm³/mol. The maximum atomic E-state index is 5.74. The summed E-state index contributed by atoms with van der Waals surface area (Å²) >= 11 is 3.60. The second-order valence-electron chi connectivity index (χ2n) is 3.89. The van der Waals surface area contributed by atoms with Crippen LogP contribution in [0.1, 0.15) is 11.1 Å². The van der Waals surface area contributed by atoms with Gasteiger partial charge in [-0.1, -0.05) is 28.1 Å². The lowest BCUT2D eigenvalue weighted by Crippen LogP contribution is -2.42. The van der Waals surface area contributed by atoms with E-state index >= 15 is 0 Å². The van der Waals surface area contributed by atoms with Gasteiger partial charge in [0, 0.05) is 23.6 Å². The molecule has 0 aromatic heterocycles. The number of hydrogen-bond acceptors (Lipinski definition) is 2. The van der Waals surface area contributed by atoms with Crippen LogP contribution >= 0.6 is 15.9 Å². The SMILES string of the molecule is CN1Cc2cccc(Br)c2C[C@H]1CN. The van der Waals surface area contributed by atoms with E-state index in [1.807, 2.05) is 0 Å². The third-order valence-corrected chi connectivity index (χ3v) is 3.71. The van der Waals surface area contributed by atoms with E-state index < -0.39 is 0 Å². The van der Waals surface area contributed by atoms with Gasteiger partial charge in [0.25, 0.3) is 0 Å². The molecule has 1 aliphatic rings. The average Bonchev–Trinajstić information content (AvgIpc) is 2.17. The molecular formula is C11H15BrN2. The normalized spacial score (nSPS) is 22.1. The van der Waals surface area contributed by atoms with Crippen molar-refractivity contribution < 1.29 is 0 Å². The lowest BCUT2D eigenvalue weighted by Gasteiger charge is -2.33. The van der Waals surface area contributed by atoms with Crippen LogP contribution < -0.4 is 5.73 Å². The van der Waals surface area contributed by atoms with Crippen molar-refractivity contribution in [3.8, 4) is 0 Å². The van der Waals surface area contributed by atoms with Gasteiger partial charge in [0.05, 0.1) is 0 Å². The van der Waals surface area contributed by atoms with Gasteiger partial charge < -0.3 is 5.73 Å². The number of hydrogen-bond donors (Lipinski definition) is 1. The van der Waals surface area contributed by atoms with Gasteiger partial charge in [-0.2, -0.15) is 0 Å². The van der Waals surface area contributed by atoms with Crippen molar-refractivity contribution in [3.05, 3.63) is 33.8 Å². The second-order valence-corrected chi connectivity index (χ2v) is 4.74. The highest BCUT2D eigenvalue weighted by Crippen LogP contribution is 2.28. The molecule has 76 valence electrons. The van der Waals surface area contributed by atoms with Crippen molar-refractivity contribution >= 4 is 15.9 Å². The number of rotatable bonds is 1. The minimum absolute atomic E-state index is 0.487. The summed E-state index contributed by atoms with van der Waals surface area (Å²) in [6.07, 6.45) is 1.06. The van der Waals surface area contributed by atoms with Gasteiger partial charge in [-0.3, -0.25) is 4.90 Å². The molecule has 2 rings (SSSR count). The van der Waals surface area contributed by atoms with Crippen LogP contribution in [0.2, 0.25) is 0 Å². The summed E-state index contributed by atoms with van der Waals surface area (Å²) in [6.45, 7) is 1.74. The van der Waals surface area contributed by atoms with Crippen LogP contribution in [0.15, 0.2) is 22.7 Å². The molecule has 0 radical (unpaired) electrons. The standard InChI is InChI=1S/C11H15BrN2/c1-14-7-8-3-2-4-11(12)10(8)5-9(14)6-13/h2-4,9H,5-7,13H2,1H3/t9-/m0/s1. The van der Waals surface area contributed by atoms with Gasteiger partial charge in [0.15, 0.2) is 0 Å². The maximum Gasteiger partial charge on any atom is 0.0259 e. The monoisotopic (exact) mass is 254 g/mol. The molecule has 1 heterocycles. The molecule has 1 aromatic rings. The lowest BCUT2D eigenvalue weighted by molar-refractivity contribution is 0.220. The van der Waals surface area contributed by atoms with E-state index in [0.717, 1.165) is 19.5 Å². The Balaban J connectivity index is 2.36. The summed E-state index contributed by atoms with van der Waals surface area (Å²) < 4.78 is 1.22. The molecule has 0 amide bonds. The minimum Gasteiger partial charge on any atom is -0.329 e. The fraction of sp³-hybridized carbons (Fsp3) is 0.455. The Morgan fingerprint density at radius 1 is 1.57 bits per heavy atom. The zero-order chi connectivity index (χ0) is 10.1. The largest absolute Gasteiger partial charge is 0.329 e. The van der Waals surface area contributed by atoms with E-state index in [1.165, 1.54) is 15.6 Å². The first-order valence-corrected chi connectivity index (χ1v) is 5.68. The highest BCUT2D eigenvalue weighted by molar-refractivity contribution is 9.10. The van der Waals surface area contributed by atoms with Crippen LogP contribution in [0.4, 0.5) is 0 Å². The summed E-state index contributed by atoms with van der Waals surface area (Å²) in [4.78, 5) is 2.33. The van der Waals surface area contributed by atoms with E-state index in [-0.39, 0.29) is 0 Å². The van der Waals surface area contributed by atoms with Crippen LogP contribution in [0.5, 0.6) is 0 Å². The highest BCUT2D eigenvalue weighted by atomic mass is 79.9. The first kappa shape index (κ1) is 10.1. The predicted octanol–water partition coefficient (Wildman–Crippen LogP) is 1.76. The maximum absolute atomic E-state index is 5.74. The average molecular weight is 255 g/mol. The van der Waals surface area contributed by atoms with Gasteiger partial charge in [-0.15, -0.1) is 0 Å². The van der Waals surface area contributed by atoms with Crippen LogP contribution in [0.25, 0.3) is 0 Å². The van der Waals surface area contributed by atoms with E-state index in [1.54, 1.807) is 0 Å². The number of benzene rings is 1. The third-order valence-electron chi connectivity index (χ3n) is 2.97. The van der Waals surface area contributed by atoms with Gasteiger partial charge in [0.2, 0.25) is 0 Å².